The molecule has 1 aliphatic carbocycles. The zero-order valence-electron chi connectivity index (χ0n) is 11.4. The fraction of sp³-hybridized carbons (Fsp3) is 0.529. The maximum absolute atomic E-state index is 2.61. The van der Waals surface area contributed by atoms with Crippen LogP contribution in [0.4, 0.5) is 0 Å². The standard InChI is InChI=1S/C17H23N/c1-2-14-5-7-16-8-6-15(12-17(16)11-14)13-18-9-3-4-10-18/h5,7,11-12H,2-4,6,8-10,13H2,1H3. The lowest BCUT2D eigenvalue weighted by Gasteiger charge is -2.22. The van der Waals surface area contributed by atoms with Crippen LogP contribution in [0.3, 0.4) is 0 Å². The van der Waals surface area contributed by atoms with Gasteiger partial charge in [0.05, 0.1) is 0 Å². The summed E-state index contributed by atoms with van der Waals surface area (Å²) in [4.78, 5) is 2.61. The lowest BCUT2D eigenvalue weighted by molar-refractivity contribution is 0.365. The van der Waals surface area contributed by atoms with Crippen molar-refractivity contribution >= 4 is 6.08 Å². The molecule has 3 rings (SSSR count). The molecule has 0 spiro atoms. The van der Waals surface area contributed by atoms with Gasteiger partial charge in [0.15, 0.2) is 0 Å². The van der Waals surface area contributed by atoms with Gasteiger partial charge in [0.1, 0.15) is 0 Å². The zero-order chi connectivity index (χ0) is 12.4. The van der Waals surface area contributed by atoms with Crippen molar-refractivity contribution in [2.75, 3.05) is 19.6 Å². The van der Waals surface area contributed by atoms with Crippen LogP contribution in [0.2, 0.25) is 0 Å². The normalized spacial score (nSPS) is 19.7. The molecule has 1 aliphatic heterocycles. The fourth-order valence-electron chi connectivity index (χ4n) is 3.17. The zero-order valence-corrected chi connectivity index (χ0v) is 11.4. The van der Waals surface area contributed by atoms with Gasteiger partial charge in [0.25, 0.3) is 0 Å². The minimum absolute atomic E-state index is 1.14. The molecule has 0 amide bonds. The van der Waals surface area contributed by atoms with Crippen LogP contribution < -0.4 is 0 Å². The SMILES string of the molecule is CCc1ccc2c(c1)C=C(CN1CCCC1)CC2. The molecule has 1 saturated heterocycles. The van der Waals surface area contributed by atoms with E-state index >= 15 is 0 Å². The number of hydrogen-bond acceptors (Lipinski definition) is 1. The first-order chi connectivity index (χ1) is 8.85. The summed E-state index contributed by atoms with van der Waals surface area (Å²) in [5.41, 5.74) is 6.12. The van der Waals surface area contributed by atoms with Crippen molar-refractivity contribution in [3.05, 3.63) is 40.5 Å². The van der Waals surface area contributed by atoms with Gasteiger partial charge in [-0.3, -0.25) is 4.90 Å². The van der Waals surface area contributed by atoms with Gasteiger partial charge in [-0.15, -0.1) is 0 Å². The Morgan fingerprint density at radius 3 is 2.72 bits per heavy atom. The third-order valence-electron chi connectivity index (χ3n) is 4.32. The van der Waals surface area contributed by atoms with Crippen LogP contribution in [0.15, 0.2) is 23.8 Å². The smallest absolute Gasteiger partial charge is 0.0196 e. The Bertz CT molecular complexity index is 453. The van der Waals surface area contributed by atoms with Gasteiger partial charge in [-0.05, 0) is 61.9 Å². The van der Waals surface area contributed by atoms with Gasteiger partial charge in [-0.25, -0.2) is 0 Å². The Hall–Kier alpha value is -1.08. The maximum atomic E-state index is 2.61. The van der Waals surface area contributed by atoms with Gasteiger partial charge in [-0.2, -0.15) is 0 Å². The average Bonchev–Trinajstić information content (AvgIpc) is 2.90. The minimum atomic E-state index is 1.14. The van der Waals surface area contributed by atoms with E-state index in [1.54, 1.807) is 5.57 Å². The van der Waals surface area contributed by atoms with E-state index in [1.165, 1.54) is 62.0 Å². The molecule has 0 bridgehead atoms. The Kier molecular flexibility index (Phi) is 3.51. The second-order valence-electron chi connectivity index (χ2n) is 5.67. The molecule has 0 radical (unpaired) electrons. The fourth-order valence-corrected chi connectivity index (χ4v) is 3.17. The Morgan fingerprint density at radius 2 is 1.94 bits per heavy atom. The predicted octanol–water partition coefficient (Wildman–Crippen LogP) is 3.67. The van der Waals surface area contributed by atoms with Gasteiger partial charge < -0.3 is 0 Å². The van der Waals surface area contributed by atoms with Crippen LogP contribution in [0.1, 0.15) is 42.9 Å². The van der Waals surface area contributed by atoms with Crippen LogP contribution in [0.25, 0.3) is 6.08 Å². The number of fused-ring (bicyclic) bond motifs is 1. The highest BCUT2D eigenvalue weighted by Gasteiger charge is 2.16. The van der Waals surface area contributed by atoms with Crippen LogP contribution in [0, 0.1) is 0 Å². The molecular weight excluding hydrogens is 218 g/mol. The second kappa shape index (κ2) is 5.27. The highest BCUT2D eigenvalue weighted by molar-refractivity contribution is 5.60. The maximum Gasteiger partial charge on any atom is 0.0196 e. The number of likely N-dealkylation sites (tertiary alicyclic amines) is 1. The van der Waals surface area contributed by atoms with E-state index in [0.717, 1.165) is 6.42 Å². The molecule has 18 heavy (non-hydrogen) atoms. The molecule has 1 aromatic rings. The number of aryl methyl sites for hydroxylation is 2. The molecule has 1 heteroatoms. The topological polar surface area (TPSA) is 3.24 Å². The largest absolute Gasteiger partial charge is 0.299 e. The second-order valence-corrected chi connectivity index (χ2v) is 5.67. The lowest BCUT2D eigenvalue weighted by Crippen LogP contribution is -2.22. The van der Waals surface area contributed by atoms with Crippen molar-refractivity contribution in [1.29, 1.82) is 0 Å². The third kappa shape index (κ3) is 2.51. The summed E-state index contributed by atoms with van der Waals surface area (Å²) in [7, 11) is 0. The van der Waals surface area contributed by atoms with Crippen molar-refractivity contribution in [2.24, 2.45) is 0 Å². The first-order valence-corrected chi connectivity index (χ1v) is 7.39. The molecule has 0 atom stereocenters. The summed E-state index contributed by atoms with van der Waals surface area (Å²) in [6.45, 7) is 6.05. The highest BCUT2D eigenvalue weighted by Crippen LogP contribution is 2.26. The van der Waals surface area contributed by atoms with Crippen LogP contribution in [-0.2, 0) is 12.8 Å². The van der Waals surface area contributed by atoms with E-state index in [4.69, 9.17) is 0 Å². The van der Waals surface area contributed by atoms with Gasteiger partial charge >= 0.3 is 0 Å². The van der Waals surface area contributed by atoms with Crippen LogP contribution >= 0.6 is 0 Å². The number of benzene rings is 1. The van der Waals surface area contributed by atoms with E-state index in [0.29, 0.717) is 0 Å². The molecule has 0 aromatic heterocycles. The van der Waals surface area contributed by atoms with Crippen molar-refractivity contribution in [1.82, 2.24) is 4.90 Å². The Labute approximate surface area is 111 Å². The molecule has 0 unspecified atom stereocenters. The molecule has 96 valence electrons. The number of hydrogen-bond donors (Lipinski definition) is 0. The predicted molar refractivity (Wildman–Crippen MR) is 77.8 cm³/mol. The lowest BCUT2D eigenvalue weighted by atomic mass is 9.90. The van der Waals surface area contributed by atoms with Crippen LogP contribution in [-0.4, -0.2) is 24.5 Å². The summed E-state index contributed by atoms with van der Waals surface area (Å²) >= 11 is 0. The summed E-state index contributed by atoms with van der Waals surface area (Å²) in [5.74, 6) is 0. The van der Waals surface area contributed by atoms with Crippen molar-refractivity contribution in [3.8, 4) is 0 Å². The molecule has 1 fully saturated rings. The van der Waals surface area contributed by atoms with E-state index in [1.807, 2.05) is 0 Å². The summed E-state index contributed by atoms with van der Waals surface area (Å²) in [6, 6.07) is 7.01. The Balaban J connectivity index is 1.78. The molecule has 1 heterocycles. The quantitative estimate of drug-likeness (QED) is 0.780. The summed E-state index contributed by atoms with van der Waals surface area (Å²) in [6.07, 6.45) is 8.88. The first-order valence-electron chi connectivity index (χ1n) is 7.39. The molecule has 0 saturated carbocycles. The monoisotopic (exact) mass is 241 g/mol. The molecule has 0 N–H and O–H groups in total. The van der Waals surface area contributed by atoms with E-state index in [2.05, 4.69) is 36.1 Å². The van der Waals surface area contributed by atoms with Crippen molar-refractivity contribution in [2.45, 2.75) is 39.0 Å². The van der Waals surface area contributed by atoms with Crippen molar-refractivity contribution in [3.63, 3.8) is 0 Å². The molecule has 1 aromatic carbocycles. The minimum Gasteiger partial charge on any atom is -0.299 e. The molecule has 2 aliphatic rings. The van der Waals surface area contributed by atoms with Gasteiger partial charge in [0.2, 0.25) is 0 Å². The van der Waals surface area contributed by atoms with Crippen LogP contribution in [0.5, 0.6) is 0 Å². The van der Waals surface area contributed by atoms with E-state index in [9.17, 15) is 0 Å². The highest BCUT2D eigenvalue weighted by atomic mass is 15.1. The summed E-state index contributed by atoms with van der Waals surface area (Å²) < 4.78 is 0. The first kappa shape index (κ1) is 12.0. The third-order valence-corrected chi connectivity index (χ3v) is 4.32. The van der Waals surface area contributed by atoms with Gasteiger partial charge in [-0.1, -0.05) is 36.8 Å². The van der Waals surface area contributed by atoms with E-state index in [-0.39, 0.29) is 0 Å². The Morgan fingerprint density at radius 1 is 1.11 bits per heavy atom. The number of rotatable bonds is 3. The van der Waals surface area contributed by atoms with Gasteiger partial charge in [0, 0.05) is 6.54 Å². The molecular formula is C17H23N. The number of nitrogens with zero attached hydrogens (tertiary/aromatic N) is 1. The molecule has 1 nitrogen and oxygen atoms in total. The van der Waals surface area contributed by atoms with E-state index < -0.39 is 0 Å². The van der Waals surface area contributed by atoms with Crippen molar-refractivity contribution < 1.29 is 0 Å². The average molecular weight is 241 g/mol. The summed E-state index contributed by atoms with van der Waals surface area (Å²) in [5, 5.41) is 0.